The van der Waals surface area contributed by atoms with Crippen molar-refractivity contribution in [3.63, 3.8) is 0 Å². The normalized spacial score (nSPS) is 20.2. The molecule has 0 bridgehead atoms. The smallest absolute Gasteiger partial charge is 0.407 e. The summed E-state index contributed by atoms with van der Waals surface area (Å²) in [4.78, 5) is 26.7. The first-order chi connectivity index (χ1) is 14.5. The second-order valence-corrected chi connectivity index (χ2v) is 9.97. The van der Waals surface area contributed by atoms with Crippen LogP contribution in [-0.4, -0.2) is 35.4 Å². The summed E-state index contributed by atoms with van der Waals surface area (Å²) >= 11 is 0. The number of benzene rings is 1. The molecule has 4 rings (SSSR count). The first kappa shape index (κ1) is 21.7. The van der Waals surface area contributed by atoms with Crippen molar-refractivity contribution in [3.05, 3.63) is 39.9 Å². The summed E-state index contributed by atoms with van der Waals surface area (Å²) in [6, 6.07) is 4.93. The minimum atomic E-state index is -0.547. The Balaban J connectivity index is 1.58. The molecular weight excluding hydrogens is 397 g/mol. The van der Waals surface area contributed by atoms with Gasteiger partial charge in [0.1, 0.15) is 11.4 Å². The van der Waals surface area contributed by atoms with Crippen molar-refractivity contribution in [2.45, 2.75) is 71.6 Å². The summed E-state index contributed by atoms with van der Waals surface area (Å²) < 4.78 is 22.4. The average Bonchev–Trinajstić information content (AvgIpc) is 3.37. The number of hydrogen-bond acceptors (Lipinski definition) is 4. The van der Waals surface area contributed by atoms with Gasteiger partial charge in [0, 0.05) is 36.6 Å². The fourth-order valence-electron chi connectivity index (χ4n) is 4.67. The Hall–Kier alpha value is -2.57. The van der Waals surface area contributed by atoms with E-state index < -0.39 is 11.7 Å². The molecule has 1 saturated carbocycles. The molecule has 1 aromatic carbocycles. The highest BCUT2D eigenvalue weighted by molar-refractivity contribution is 5.88. The summed E-state index contributed by atoms with van der Waals surface area (Å²) in [5, 5.41) is 3.69. The van der Waals surface area contributed by atoms with Crippen LogP contribution in [0.15, 0.2) is 23.0 Å². The number of aromatic nitrogens is 1. The van der Waals surface area contributed by atoms with E-state index >= 15 is 4.39 Å². The van der Waals surface area contributed by atoms with Gasteiger partial charge >= 0.3 is 6.09 Å². The fraction of sp³-hybridized carbons (Fsp3) is 0.583. The van der Waals surface area contributed by atoms with Crippen LogP contribution < -0.4 is 15.8 Å². The monoisotopic (exact) mass is 429 g/mol. The Labute approximate surface area is 182 Å². The topological polar surface area (TPSA) is 63.6 Å². The van der Waals surface area contributed by atoms with E-state index in [0.29, 0.717) is 18.8 Å². The fourth-order valence-corrected chi connectivity index (χ4v) is 4.67. The van der Waals surface area contributed by atoms with Crippen molar-refractivity contribution >= 4 is 22.7 Å². The minimum absolute atomic E-state index is 0.0230. The third kappa shape index (κ3) is 4.41. The number of pyridine rings is 1. The maximum absolute atomic E-state index is 15.2. The molecule has 1 aromatic heterocycles. The molecule has 6 nitrogen and oxygen atoms in total. The Morgan fingerprint density at radius 1 is 1.26 bits per heavy atom. The summed E-state index contributed by atoms with van der Waals surface area (Å²) in [5.41, 5.74) is 1.65. The molecule has 1 N–H and O–H groups in total. The molecule has 2 aromatic rings. The van der Waals surface area contributed by atoms with E-state index in [-0.39, 0.29) is 29.4 Å². The molecule has 0 radical (unpaired) electrons. The van der Waals surface area contributed by atoms with Crippen LogP contribution in [0.1, 0.15) is 58.6 Å². The van der Waals surface area contributed by atoms with Gasteiger partial charge in [-0.05, 0) is 77.5 Å². The quantitative estimate of drug-likeness (QED) is 0.776. The number of nitrogens with one attached hydrogen (secondary N) is 1. The van der Waals surface area contributed by atoms with Crippen molar-refractivity contribution in [1.29, 1.82) is 0 Å². The molecule has 1 saturated heterocycles. The molecule has 2 aliphatic rings. The first-order valence-corrected chi connectivity index (χ1v) is 11.1. The van der Waals surface area contributed by atoms with Gasteiger partial charge in [-0.3, -0.25) is 4.79 Å². The van der Waals surface area contributed by atoms with Gasteiger partial charge in [0.05, 0.1) is 11.2 Å². The lowest BCUT2D eigenvalue weighted by molar-refractivity contribution is 0.0494. The highest BCUT2D eigenvalue weighted by Gasteiger charge is 2.33. The number of hydrogen-bond donors (Lipinski definition) is 1. The van der Waals surface area contributed by atoms with Crippen LogP contribution in [0, 0.1) is 18.7 Å². The van der Waals surface area contributed by atoms with E-state index in [4.69, 9.17) is 4.74 Å². The molecule has 0 unspecified atom stereocenters. The van der Waals surface area contributed by atoms with Gasteiger partial charge < -0.3 is 19.5 Å². The van der Waals surface area contributed by atoms with Gasteiger partial charge in [0.25, 0.3) is 5.56 Å². The lowest BCUT2D eigenvalue weighted by Crippen LogP contribution is -2.42. The predicted octanol–water partition coefficient (Wildman–Crippen LogP) is 4.52. The molecule has 2 atom stereocenters. The first-order valence-electron chi connectivity index (χ1n) is 11.1. The van der Waals surface area contributed by atoms with Crippen LogP contribution in [0.5, 0.6) is 0 Å². The number of anilines is 1. The molecule has 2 fully saturated rings. The van der Waals surface area contributed by atoms with Crippen LogP contribution >= 0.6 is 0 Å². The van der Waals surface area contributed by atoms with Gasteiger partial charge in [-0.2, -0.15) is 0 Å². The van der Waals surface area contributed by atoms with Crippen molar-refractivity contribution in [3.8, 4) is 0 Å². The van der Waals surface area contributed by atoms with E-state index in [1.807, 2.05) is 39.2 Å². The SMILES string of the molecule is Cc1c(N2CC[C@@H]([C@H](C)NC(=O)OC(C)(C)C)C2)c(F)cc2ccc(=O)n(C3CC3)c12. The average molecular weight is 430 g/mol. The molecule has 168 valence electrons. The van der Waals surface area contributed by atoms with E-state index in [1.54, 1.807) is 12.1 Å². The van der Waals surface area contributed by atoms with Crippen LogP contribution in [0.4, 0.5) is 14.9 Å². The van der Waals surface area contributed by atoms with Crippen LogP contribution in [0.3, 0.4) is 0 Å². The number of carbonyl (C=O) groups excluding carboxylic acids is 1. The predicted molar refractivity (Wildman–Crippen MR) is 120 cm³/mol. The number of ether oxygens (including phenoxy) is 1. The number of aryl methyl sites for hydroxylation is 1. The Morgan fingerprint density at radius 3 is 2.61 bits per heavy atom. The molecular formula is C24H32FN3O3. The lowest BCUT2D eigenvalue weighted by atomic mass is 10.0. The second kappa shape index (κ2) is 7.84. The van der Waals surface area contributed by atoms with Crippen LogP contribution in [-0.2, 0) is 4.74 Å². The summed E-state index contributed by atoms with van der Waals surface area (Å²) in [6.45, 7) is 10.7. The highest BCUT2D eigenvalue weighted by atomic mass is 19.1. The summed E-state index contributed by atoms with van der Waals surface area (Å²) in [7, 11) is 0. The lowest BCUT2D eigenvalue weighted by Gasteiger charge is -2.26. The number of rotatable bonds is 4. The molecule has 2 heterocycles. The molecule has 1 amide bonds. The second-order valence-electron chi connectivity index (χ2n) is 9.97. The number of amides is 1. The Bertz CT molecular complexity index is 1070. The van der Waals surface area contributed by atoms with Crippen molar-refractivity contribution in [2.75, 3.05) is 18.0 Å². The molecule has 1 aliphatic heterocycles. The molecule has 7 heteroatoms. The summed E-state index contributed by atoms with van der Waals surface area (Å²) in [5.74, 6) is -0.0807. The zero-order valence-corrected chi connectivity index (χ0v) is 19.0. The van der Waals surface area contributed by atoms with Gasteiger partial charge in [0.2, 0.25) is 0 Å². The van der Waals surface area contributed by atoms with Crippen molar-refractivity contribution in [2.24, 2.45) is 5.92 Å². The number of nitrogens with zero attached hydrogens (tertiary/aromatic N) is 2. The number of alkyl carbamates (subject to hydrolysis) is 1. The maximum Gasteiger partial charge on any atom is 0.407 e. The third-order valence-corrected chi connectivity index (χ3v) is 6.28. The van der Waals surface area contributed by atoms with E-state index in [9.17, 15) is 9.59 Å². The largest absolute Gasteiger partial charge is 0.444 e. The zero-order valence-electron chi connectivity index (χ0n) is 19.0. The van der Waals surface area contributed by atoms with E-state index in [1.165, 1.54) is 6.07 Å². The van der Waals surface area contributed by atoms with Crippen molar-refractivity contribution < 1.29 is 13.9 Å². The Morgan fingerprint density at radius 2 is 1.97 bits per heavy atom. The standard InChI is InChI=1S/C24H32FN3O3/c1-14-21-16(6-9-20(29)28(21)18-7-8-18)12-19(25)22(14)27-11-10-17(13-27)15(2)26-23(30)31-24(3,4)5/h6,9,12,15,17-18H,7-8,10-11,13H2,1-5H3,(H,26,30)/t15-,17+/m0/s1. The number of fused-ring (bicyclic) bond motifs is 1. The third-order valence-electron chi connectivity index (χ3n) is 6.28. The Kier molecular flexibility index (Phi) is 5.48. The van der Waals surface area contributed by atoms with Crippen molar-refractivity contribution in [1.82, 2.24) is 9.88 Å². The number of carbonyl (C=O) groups is 1. The molecule has 1 aliphatic carbocycles. The highest BCUT2D eigenvalue weighted by Crippen LogP contribution is 2.40. The summed E-state index contributed by atoms with van der Waals surface area (Å²) in [6.07, 6.45) is 2.40. The van der Waals surface area contributed by atoms with Gasteiger partial charge in [-0.25, -0.2) is 9.18 Å². The van der Waals surface area contributed by atoms with Crippen LogP contribution in [0.25, 0.3) is 10.9 Å². The maximum atomic E-state index is 15.2. The van der Waals surface area contributed by atoms with E-state index in [2.05, 4.69) is 10.2 Å². The van der Waals surface area contributed by atoms with E-state index in [0.717, 1.165) is 35.7 Å². The zero-order chi connectivity index (χ0) is 22.5. The molecule has 31 heavy (non-hydrogen) atoms. The van der Waals surface area contributed by atoms with Gasteiger partial charge in [-0.15, -0.1) is 0 Å². The van der Waals surface area contributed by atoms with Gasteiger partial charge in [-0.1, -0.05) is 0 Å². The minimum Gasteiger partial charge on any atom is -0.444 e. The van der Waals surface area contributed by atoms with Crippen LogP contribution in [0.2, 0.25) is 0 Å². The van der Waals surface area contributed by atoms with Gasteiger partial charge in [0.15, 0.2) is 0 Å². The molecule has 0 spiro atoms. The number of halogens is 1.